The molecule has 1 atom stereocenters. The van der Waals surface area contributed by atoms with E-state index in [1.165, 1.54) is 0 Å². The smallest absolute Gasteiger partial charge is 0.179 e. The number of hydrogen-bond donors (Lipinski definition) is 1. The second-order valence-electron chi connectivity index (χ2n) is 5.01. The van der Waals surface area contributed by atoms with Gasteiger partial charge >= 0.3 is 0 Å². The van der Waals surface area contributed by atoms with Gasteiger partial charge in [-0.25, -0.2) is 0 Å². The molecule has 0 saturated carbocycles. The number of halogens is 1. The molecule has 0 radical (unpaired) electrons. The number of rotatable bonds is 1. The molecule has 1 aromatic carbocycles. The second-order valence-corrected chi connectivity index (χ2v) is 5.42. The molecule has 106 valence electrons. The molecule has 0 aromatic heterocycles. The molecule has 0 fully saturated rings. The number of fused-ring (bicyclic) bond motifs is 1. The summed E-state index contributed by atoms with van der Waals surface area (Å²) in [7, 11) is 0. The van der Waals surface area contributed by atoms with Gasteiger partial charge in [0.1, 0.15) is 5.84 Å². The zero-order chi connectivity index (χ0) is 14.1. The first-order valence-electron chi connectivity index (χ1n) is 6.64. The van der Waals surface area contributed by atoms with Crippen LogP contribution in [0.25, 0.3) is 0 Å². The maximum absolute atomic E-state index is 6.28. The number of benzene rings is 1. The van der Waals surface area contributed by atoms with Gasteiger partial charge in [-0.2, -0.15) is 5.10 Å². The molecule has 0 bridgehead atoms. The van der Waals surface area contributed by atoms with Crippen molar-refractivity contribution in [3.63, 3.8) is 0 Å². The van der Waals surface area contributed by atoms with Crippen LogP contribution in [-0.2, 0) is 0 Å². The summed E-state index contributed by atoms with van der Waals surface area (Å²) < 4.78 is 11.3. The average molecular weight is 294 g/mol. The average Bonchev–Trinajstić information content (AvgIpc) is 2.67. The van der Waals surface area contributed by atoms with Gasteiger partial charge < -0.3 is 15.2 Å². The summed E-state index contributed by atoms with van der Waals surface area (Å²) in [6.07, 6.45) is 1.59. The van der Waals surface area contributed by atoms with Gasteiger partial charge in [0.2, 0.25) is 0 Å². The van der Waals surface area contributed by atoms with Gasteiger partial charge in [0, 0.05) is 24.3 Å². The normalized spacial score (nSPS) is 21.8. The highest BCUT2D eigenvalue weighted by Crippen LogP contribution is 2.38. The Labute approximate surface area is 122 Å². The van der Waals surface area contributed by atoms with E-state index in [0.29, 0.717) is 35.6 Å². The molecule has 0 spiro atoms. The van der Waals surface area contributed by atoms with Gasteiger partial charge in [0.05, 0.1) is 23.9 Å². The molecule has 20 heavy (non-hydrogen) atoms. The topological polar surface area (TPSA) is 69.2 Å². The molecule has 1 unspecified atom stereocenters. The van der Waals surface area contributed by atoms with Crippen LogP contribution in [0.15, 0.2) is 22.3 Å². The summed E-state index contributed by atoms with van der Waals surface area (Å²) in [6.45, 7) is 3.27. The Bertz CT molecular complexity index is 598. The van der Waals surface area contributed by atoms with Crippen molar-refractivity contribution in [3.8, 4) is 11.5 Å². The van der Waals surface area contributed by atoms with Crippen molar-refractivity contribution in [2.75, 3.05) is 13.2 Å². The van der Waals surface area contributed by atoms with E-state index in [1.54, 1.807) is 0 Å². The lowest BCUT2D eigenvalue weighted by Gasteiger charge is -2.17. The number of nitrogens with zero attached hydrogens (tertiary/aromatic N) is 2. The Morgan fingerprint density at radius 3 is 2.85 bits per heavy atom. The van der Waals surface area contributed by atoms with Gasteiger partial charge in [-0.3, -0.25) is 0 Å². The Morgan fingerprint density at radius 2 is 2.05 bits per heavy atom. The molecule has 5 nitrogen and oxygen atoms in total. The Morgan fingerprint density at radius 1 is 1.25 bits per heavy atom. The van der Waals surface area contributed by atoms with Gasteiger partial charge in [-0.05, 0) is 12.1 Å². The third kappa shape index (κ3) is 2.45. The molecular weight excluding hydrogens is 278 g/mol. The number of nitrogens with two attached hydrogens (primary N) is 1. The summed E-state index contributed by atoms with van der Waals surface area (Å²) in [4.78, 5) is 0. The fourth-order valence-corrected chi connectivity index (χ4v) is 2.49. The zero-order valence-electron chi connectivity index (χ0n) is 11.2. The van der Waals surface area contributed by atoms with E-state index >= 15 is 0 Å². The lowest BCUT2D eigenvalue weighted by Crippen LogP contribution is -2.26. The maximum atomic E-state index is 6.28. The Hall–Kier alpha value is -1.75. The van der Waals surface area contributed by atoms with Crippen molar-refractivity contribution < 1.29 is 9.47 Å². The van der Waals surface area contributed by atoms with E-state index in [0.717, 1.165) is 24.1 Å². The van der Waals surface area contributed by atoms with Crippen LogP contribution in [0.1, 0.15) is 25.3 Å². The standard InChI is InChI=1S/C14H16ClN3O2/c1-8-5-11(17-18-14(8)16)9-6-10(15)13-12(7-9)19-3-2-4-20-13/h6-8H,2-5H2,1H3,(H2,16,18). The van der Waals surface area contributed by atoms with Crippen LogP contribution in [-0.4, -0.2) is 24.8 Å². The van der Waals surface area contributed by atoms with Crippen LogP contribution in [0.4, 0.5) is 0 Å². The summed E-state index contributed by atoms with van der Waals surface area (Å²) in [5.41, 5.74) is 7.52. The van der Waals surface area contributed by atoms with Gasteiger partial charge in [0.25, 0.3) is 0 Å². The van der Waals surface area contributed by atoms with Crippen molar-refractivity contribution in [2.24, 2.45) is 21.9 Å². The molecule has 0 saturated heterocycles. The van der Waals surface area contributed by atoms with Crippen LogP contribution in [0.2, 0.25) is 5.02 Å². The van der Waals surface area contributed by atoms with Crippen LogP contribution in [0, 0.1) is 5.92 Å². The first-order valence-corrected chi connectivity index (χ1v) is 7.02. The molecule has 3 rings (SSSR count). The van der Waals surface area contributed by atoms with Crippen LogP contribution in [0.5, 0.6) is 11.5 Å². The van der Waals surface area contributed by atoms with E-state index in [-0.39, 0.29) is 5.92 Å². The Balaban J connectivity index is 1.99. The molecular formula is C14H16ClN3O2. The zero-order valence-corrected chi connectivity index (χ0v) is 12.0. The first-order chi connectivity index (χ1) is 9.65. The van der Waals surface area contributed by atoms with Crippen LogP contribution in [0.3, 0.4) is 0 Å². The summed E-state index contributed by atoms with van der Waals surface area (Å²) in [5, 5.41) is 8.70. The monoisotopic (exact) mass is 293 g/mol. The summed E-state index contributed by atoms with van der Waals surface area (Å²) in [6, 6.07) is 3.76. The molecule has 0 amide bonds. The molecule has 1 aromatic rings. The lowest BCUT2D eigenvalue weighted by atomic mass is 9.97. The van der Waals surface area contributed by atoms with Crippen molar-refractivity contribution in [3.05, 3.63) is 22.7 Å². The minimum Gasteiger partial charge on any atom is -0.489 e. The van der Waals surface area contributed by atoms with E-state index in [1.807, 2.05) is 19.1 Å². The quantitative estimate of drug-likeness (QED) is 0.865. The van der Waals surface area contributed by atoms with E-state index in [4.69, 9.17) is 26.8 Å². The minimum absolute atomic E-state index is 0.178. The van der Waals surface area contributed by atoms with Crippen molar-refractivity contribution >= 4 is 23.1 Å². The van der Waals surface area contributed by atoms with E-state index in [2.05, 4.69) is 10.2 Å². The number of ether oxygens (including phenoxy) is 2. The Kier molecular flexibility index (Phi) is 3.53. The minimum atomic E-state index is 0.178. The highest BCUT2D eigenvalue weighted by Gasteiger charge is 2.21. The van der Waals surface area contributed by atoms with Crippen molar-refractivity contribution in [1.82, 2.24) is 0 Å². The second kappa shape index (κ2) is 5.32. The largest absolute Gasteiger partial charge is 0.489 e. The molecule has 2 aliphatic heterocycles. The summed E-state index contributed by atoms with van der Waals surface area (Å²) >= 11 is 6.28. The number of amidine groups is 1. The van der Waals surface area contributed by atoms with E-state index in [9.17, 15) is 0 Å². The van der Waals surface area contributed by atoms with Gasteiger partial charge in [-0.15, -0.1) is 5.10 Å². The first kappa shape index (κ1) is 13.2. The molecule has 0 aliphatic carbocycles. The third-order valence-electron chi connectivity index (χ3n) is 3.43. The SMILES string of the molecule is CC1CC(c2cc(Cl)c3c(c2)OCCCO3)=NN=C1N. The van der Waals surface area contributed by atoms with Gasteiger partial charge in [0.15, 0.2) is 11.5 Å². The maximum Gasteiger partial charge on any atom is 0.179 e. The number of hydrogen-bond acceptors (Lipinski definition) is 5. The highest BCUT2D eigenvalue weighted by atomic mass is 35.5. The molecule has 2 aliphatic rings. The third-order valence-corrected chi connectivity index (χ3v) is 3.71. The lowest BCUT2D eigenvalue weighted by molar-refractivity contribution is 0.297. The van der Waals surface area contributed by atoms with E-state index < -0.39 is 0 Å². The molecule has 6 heteroatoms. The molecule has 2 N–H and O–H groups in total. The fraction of sp³-hybridized carbons (Fsp3) is 0.429. The fourth-order valence-electron chi connectivity index (χ4n) is 2.23. The summed E-state index contributed by atoms with van der Waals surface area (Å²) in [5.74, 6) is 2.02. The van der Waals surface area contributed by atoms with Gasteiger partial charge in [-0.1, -0.05) is 18.5 Å². The predicted octanol–water partition coefficient (Wildman–Crippen LogP) is 2.60. The highest BCUT2D eigenvalue weighted by molar-refractivity contribution is 6.32. The van der Waals surface area contributed by atoms with Crippen molar-refractivity contribution in [2.45, 2.75) is 19.8 Å². The van der Waals surface area contributed by atoms with Crippen LogP contribution >= 0.6 is 11.6 Å². The van der Waals surface area contributed by atoms with Crippen molar-refractivity contribution in [1.29, 1.82) is 0 Å². The predicted molar refractivity (Wildman–Crippen MR) is 79.0 cm³/mol. The van der Waals surface area contributed by atoms with Crippen LogP contribution < -0.4 is 15.2 Å². The molecule has 2 heterocycles.